The zero-order chi connectivity index (χ0) is 24.8. The number of Topliss-reactive ketones (excluding diaryl/α,β-unsaturated/α-hetero) is 1. The van der Waals surface area contributed by atoms with Gasteiger partial charge < -0.3 is 9.88 Å². The number of urea groups is 1. The average molecular weight is 470 g/mol. The number of carbonyl (C=O) groups excluding carboxylic acids is 3. The number of aromatic nitrogens is 2. The van der Waals surface area contributed by atoms with Crippen LogP contribution >= 0.6 is 0 Å². The molecule has 3 heterocycles. The normalized spacial score (nSPS) is 18.4. The van der Waals surface area contributed by atoms with E-state index < -0.39 is 41.5 Å². The lowest BCUT2D eigenvalue weighted by atomic mass is 9.97. The standard InChI is InChI=1S/C24H21F3N4O3/c1-14-11-18(15(2)31(14)17-8-6-7-16(12-17)24(25,26)27)19(32)13-30-21(33)23(3,29-22(30)34)20-9-4-5-10-28-20/h4-12H,13H2,1-3H3,(H,29,34). The molecule has 1 atom stereocenters. The highest BCUT2D eigenvalue weighted by Gasteiger charge is 2.50. The van der Waals surface area contributed by atoms with Crippen molar-refractivity contribution in [2.75, 3.05) is 6.54 Å². The lowest BCUT2D eigenvalue weighted by molar-refractivity contribution is -0.137. The number of amides is 3. The number of aryl methyl sites for hydroxylation is 1. The molecule has 10 heteroatoms. The fourth-order valence-corrected chi connectivity index (χ4v) is 4.17. The molecule has 1 fully saturated rings. The third kappa shape index (κ3) is 3.85. The molecule has 1 saturated heterocycles. The number of imide groups is 1. The maximum absolute atomic E-state index is 13.2. The first kappa shape index (κ1) is 23.2. The summed E-state index contributed by atoms with van der Waals surface area (Å²) in [6.45, 7) is 4.26. The minimum absolute atomic E-state index is 0.210. The summed E-state index contributed by atoms with van der Waals surface area (Å²) in [5.74, 6) is -1.13. The van der Waals surface area contributed by atoms with Crippen LogP contribution in [0.15, 0.2) is 54.7 Å². The van der Waals surface area contributed by atoms with Crippen molar-refractivity contribution in [2.24, 2.45) is 0 Å². The summed E-state index contributed by atoms with van der Waals surface area (Å²) in [4.78, 5) is 43.7. The highest BCUT2D eigenvalue weighted by atomic mass is 19.4. The monoisotopic (exact) mass is 470 g/mol. The summed E-state index contributed by atoms with van der Waals surface area (Å²) in [5.41, 5.74) is -0.474. The molecule has 1 aliphatic rings. The Morgan fingerprint density at radius 3 is 2.47 bits per heavy atom. The van der Waals surface area contributed by atoms with Crippen molar-refractivity contribution in [3.63, 3.8) is 0 Å². The summed E-state index contributed by atoms with van der Waals surface area (Å²) in [7, 11) is 0. The highest BCUT2D eigenvalue weighted by molar-refractivity contribution is 6.11. The summed E-state index contributed by atoms with van der Waals surface area (Å²) < 4.78 is 41.0. The van der Waals surface area contributed by atoms with Gasteiger partial charge in [-0.05, 0) is 57.2 Å². The van der Waals surface area contributed by atoms with E-state index in [1.165, 1.54) is 35.9 Å². The topological polar surface area (TPSA) is 84.3 Å². The van der Waals surface area contributed by atoms with Crippen LogP contribution in [0.2, 0.25) is 0 Å². The Hall–Kier alpha value is -3.95. The van der Waals surface area contributed by atoms with E-state index in [0.29, 0.717) is 17.1 Å². The number of alkyl halides is 3. The zero-order valence-corrected chi connectivity index (χ0v) is 18.6. The van der Waals surface area contributed by atoms with E-state index in [9.17, 15) is 27.6 Å². The van der Waals surface area contributed by atoms with Crippen LogP contribution in [0.4, 0.5) is 18.0 Å². The molecule has 7 nitrogen and oxygen atoms in total. The van der Waals surface area contributed by atoms with E-state index in [1.807, 2.05) is 0 Å². The summed E-state index contributed by atoms with van der Waals surface area (Å²) in [5, 5.41) is 2.59. The fourth-order valence-electron chi connectivity index (χ4n) is 4.17. The van der Waals surface area contributed by atoms with Crippen molar-refractivity contribution in [3.8, 4) is 5.69 Å². The Balaban J connectivity index is 1.62. The predicted octanol–water partition coefficient (Wildman–Crippen LogP) is 4.16. The molecule has 3 amide bonds. The Labute approximate surface area is 193 Å². The molecule has 176 valence electrons. The SMILES string of the molecule is Cc1cc(C(=O)CN2C(=O)NC(C)(c3ccccn3)C2=O)c(C)n1-c1cccc(C(F)(F)F)c1. The highest BCUT2D eigenvalue weighted by Crippen LogP contribution is 2.32. The molecule has 1 unspecified atom stereocenters. The summed E-state index contributed by atoms with van der Waals surface area (Å²) >= 11 is 0. The molecule has 0 spiro atoms. The van der Waals surface area contributed by atoms with Gasteiger partial charge in [0.2, 0.25) is 0 Å². The van der Waals surface area contributed by atoms with Gasteiger partial charge in [-0.3, -0.25) is 19.5 Å². The van der Waals surface area contributed by atoms with Gasteiger partial charge in [-0.2, -0.15) is 13.2 Å². The van der Waals surface area contributed by atoms with Gasteiger partial charge in [0, 0.05) is 28.8 Å². The van der Waals surface area contributed by atoms with Crippen LogP contribution in [0.5, 0.6) is 0 Å². The molecule has 3 aromatic rings. The van der Waals surface area contributed by atoms with Crippen LogP contribution in [-0.2, 0) is 16.5 Å². The number of rotatable bonds is 5. The van der Waals surface area contributed by atoms with Crippen molar-refractivity contribution >= 4 is 17.7 Å². The molecule has 0 aliphatic carbocycles. The maximum Gasteiger partial charge on any atom is 0.416 e. The second kappa shape index (κ2) is 8.12. The molecule has 4 rings (SSSR count). The quantitative estimate of drug-likeness (QED) is 0.448. The van der Waals surface area contributed by atoms with Crippen molar-refractivity contribution in [3.05, 3.63) is 82.9 Å². The Morgan fingerprint density at radius 1 is 1.09 bits per heavy atom. The van der Waals surface area contributed by atoms with Gasteiger partial charge in [0.15, 0.2) is 11.3 Å². The molecular weight excluding hydrogens is 449 g/mol. The molecule has 0 radical (unpaired) electrons. The summed E-state index contributed by atoms with van der Waals surface area (Å²) in [6.07, 6.45) is -3.01. The fraction of sp³-hybridized carbons (Fsp3) is 0.250. The lowest BCUT2D eigenvalue weighted by Gasteiger charge is -2.20. The first-order valence-electron chi connectivity index (χ1n) is 10.4. The number of halogens is 3. The second-order valence-corrected chi connectivity index (χ2v) is 8.25. The number of hydrogen-bond donors (Lipinski definition) is 1. The molecule has 0 bridgehead atoms. The zero-order valence-electron chi connectivity index (χ0n) is 18.6. The van der Waals surface area contributed by atoms with Crippen LogP contribution in [-0.4, -0.2) is 38.7 Å². The number of carbonyl (C=O) groups is 3. The summed E-state index contributed by atoms with van der Waals surface area (Å²) in [6, 6.07) is 10.6. The maximum atomic E-state index is 13.2. The Morgan fingerprint density at radius 2 is 1.82 bits per heavy atom. The Bertz CT molecular complexity index is 1300. The van der Waals surface area contributed by atoms with Crippen molar-refractivity contribution in [2.45, 2.75) is 32.5 Å². The number of hydrogen-bond acceptors (Lipinski definition) is 4. The predicted molar refractivity (Wildman–Crippen MR) is 116 cm³/mol. The molecule has 34 heavy (non-hydrogen) atoms. The van der Waals surface area contributed by atoms with E-state index >= 15 is 0 Å². The lowest BCUT2D eigenvalue weighted by Crippen LogP contribution is -2.42. The van der Waals surface area contributed by atoms with Gasteiger partial charge in [0.05, 0.1) is 17.8 Å². The van der Waals surface area contributed by atoms with Gasteiger partial charge in [-0.15, -0.1) is 0 Å². The van der Waals surface area contributed by atoms with E-state index in [2.05, 4.69) is 10.3 Å². The average Bonchev–Trinajstić information content (AvgIpc) is 3.21. The first-order chi connectivity index (χ1) is 15.9. The van der Waals surface area contributed by atoms with E-state index in [4.69, 9.17) is 0 Å². The molecule has 2 aromatic heterocycles. The van der Waals surface area contributed by atoms with Crippen LogP contribution < -0.4 is 5.32 Å². The number of ketones is 1. The third-order valence-corrected chi connectivity index (χ3v) is 5.92. The van der Waals surface area contributed by atoms with Crippen molar-refractivity contribution < 1.29 is 27.6 Å². The molecular formula is C24H21F3N4O3. The molecule has 0 saturated carbocycles. The van der Waals surface area contributed by atoms with E-state index in [0.717, 1.165) is 17.0 Å². The van der Waals surface area contributed by atoms with Gasteiger partial charge in [0.1, 0.15) is 0 Å². The van der Waals surface area contributed by atoms with Gasteiger partial charge in [-0.1, -0.05) is 12.1 Å². The molecule has 1 aromatic carbocycles. The van der Waals surface area contributed by atoms with Crippen LogP contribution in [0, 0.1) is 13.8 Å². The van der Waals surface area contributed by atoms with Crippen LogP contribution in [0.1, 0.15) is 39.9 Å². The number of pyridine rings is 1. The molecule has 1 aliphatic heterocycles. The minimum Gasteiger partial charge on any atom is -0.318 e. The van der Waals surface area contributed by atoms with Gasteiger partial charge in [0.25, 0.3) is 5.91 Å². The largest absolute Gasteiger partial charge is 0.416 e. The minimum atomic E-state index is -4.51. The first-order valence-corrected chi connectivity index (χ1v) is 10.4. The Kier molecular flexibility index (Phi) is 5.55. The van der Waals surface area contributed by atoms with Crippen molar-refractivity contribution in [1.82, 2.24) is 19.8 Å². The molecule has 1 N–H and O–H groups in total. The van der Waals surface area contributed by atoms with Crippen LogP contribution in [0.3, 0.4) is 0 Å². The van der Waals surface area contributed by atoms with Crippen LogP contribution in [0.25, 0.3) is 5.69 Å². The number of nitrogens with zero attached hydrogens (tertiary/aromatic N) is 3. The number of nitrogens with one attached hydrogen (secondary N) is 1. The number of benzene rings is 1. The van der Waals surface area contributed by atoms with Gasteiger partial charge in [-0.25, -0.2) is 4.79 Å². The van der Waals surface area contributed by atoms with Crippen molar-refractivity contribution in [1.29, 1.82) is 0 Å². The van der Waals surface area contributed by atoms with E-state index in [-0.39, 0.29) is 11.3 Å². The van der Waals surface area contributed by atoms with E-state index in [1.54, 1.807) is 32.0 Å². The smallest absolute Gasteiger partial charge is 0.318 e. The third-order valence-electron chi connectivity index (χ3n) is 5.92. The second-order valence-electron chi connectivity index (χ2n) is 8.25. The van der Waals surface area contributed by atoms with Gasteiger partial charge >= 0.3 is 12.2 Å².